The zero-order chi connectivity index (χ0) is 17.8. The van der Waals surface area contributed by atoms with Crippen molar-refractivity contribution in [2.45, 2.75) is 13.8 Å². The van der Waals surface area contributed by atoms with E-state index in [1.165, 1.54) is 0 Å². The molecule has 25 heavy (non-hydrogen) atoms. The third-order valence-corrected chi connectivity index (χ3v) is 4.08. The molecular weight excluding hydrogens is 314 g/mol. The first-order valence-electron chi connectivity index (χ1n) is 8.11. The van der Waals surface area contributed by atoms with E-state index >= 15 is 0 Å². The SMILES string of the molecule is Cc1cccc(C)c1OCC(=O)NN=Cc1cn(C)c2ccccc12. The Labute approximate surface area is 146 Å². The third kappa shape index (κ3) is 3.71. The van der Waals surface area contributed by atoms with Gasteiger partial charge >= 0.3 is 0 Å². The predicted molar refractivity (Wildman–Crippen MR) is 100 cm³/mol. The topological polar surface area (TPSA) is 55.6 Å². The molecule has 0 aliphatic carbocycles. The van der Waals surface area contributed by atoms with Gasteiger partial charge in [0.25, 0.3) is 5.91 Å². The van der Waals surface area contributed by atoms with Crippen molar-refractivity contribution >= 4 is 23.0 Å². The number of rotatable bonds is 5. The summed E-state index contributed by atoms with van der Waals surface area (Å²) in [6, 6.07) is 13.9. The Morgan fingerprint density at radius 1 is 1.16 bits per heavy atom. The first-order chi connectivity index (χ1) is 12.1. The molecular formula is C20H21N3O2. The summed E-state index contributed by atoms with van der Waals surface area (Å²) in [5.41, 5.74) is 6.60. The van der Waals surface area contributed by atoms with Crippen LogP contribution in [-0.2, 0) is 11.8 Å². The van der Waals surface area contributed by atoms with E-state index in [1.807, 2.05) is 74.1 Å². The number of carbonyl (C=O) groups is 1. The first-order valence-corrected chi connectivity index (χ1v) is 8.11. The molecule has 0 radical (unpaired) electrons. The van der Waals surface area contributed by atoms with Crippen LogP contribution in [0.15, 0.2) is 53.8 Å². The summed E-state index contributed by atoms with van der Waals surface area (Å²) < 4.78 is 7.65. The fraction of sp³-hybridized carbons (Fsp3) is 0.200. The molecule has 1 heterocycles. The molecule has 2 aromatic carbocycles. The van der Waals surface area contributed by atoms with Crippen LogP contribution in [0.1, 0.15) is 16.7 Å². The van der Waals surface area contributed by atoms with E-state index in [1.54, 1.807) is 6.21 Å². The lowest BCUT2D eigenvalue weighted by Gasteiger charge is -2.10. The van der Waals surface area contributed by atoms with Gasteiger partial charge in [0.05, 0.1) is 6.21 Å². The Kier molecular flexibility index (Phi) is 4.84. The van der Waals surface area contributed by atoms with Crippen LogP contribution in [0.3, 0.4) is 0 Å². The van der Waals surface area contributed by atoms with Crippen LogP contribution in [0.25, 0.3) is 10.9 Å². The number of nitrogens with zero attached hydrogens (tertiary/aromatic N) is 2. The Hall–Kier alpha value is -3.08. The molecule has 0 spiro atoms. The summed E-state index contributed by atoms with van der Waals surface area (Å²) in [5, 5.41) is 5.14. The van der Waals surface area contributed by atoms with Crippen LogP contribution in [0.4, 0.5) is 0 Å². The van der Waals surface area contributed by atoms with Crippen molar-refractivity contribution in [3.8, 4) is 5.75 Å². The second-order valence-electron chi connectivity index (χ2n) is 6.02. The number of para-hydroxylation sites is 2. The largest absolute Gasteiger partial charge is 0.483 e. The van der Waals surface area contributed by atoms with E-state index in [2.05, 4.69) is 10.5 Å². The second kappa shape index (κ2) is 7.21. The Balaban J connectivity index is 1.61. The maximum atomic E-state index is 11.9. The minimum atomic E-state index is -0.292. The first kappa shape index (κ1) is 16.8. The molecule has 0 aliphatic rings. The summed E-state index contributed by atoms with van der Waals surface area (Å²) in [5.74, 6) is 0.454. The number of fused-ring (bicyclic) bond motifs is 1. The van der Waals surface area contributed by atoms with Gasteiger partial charge < -0.3 is 9.30 Å². The van der Waals surface area contributed by atoms with Gasteiger partial charge in [-0.1, -0.05) is 36.4 Å². The molecule has 3 rings (SSSR count). The molecule has 5 heteroatoms. The van der Waals surface area contributed by atoms with Crippen LogP contribution in [-0.4, -0.2) is 23.3 Å². The number of aromatic nitrogens is 1. The van der Waals surface area contributed by atoms with Crippen LogP contribution >= 0.6 is 0 Å². The molecule has 0 fully saturated rings. The lowest BCUT2D eigenvalue weighted by molar-refractivity contribution is -0.123. The quantitative estimate of drug-likeness (QED) is 0.574. The average molecular weight is 335 g/mol. The molecule has 0 aliphatic heterocycles. The standard InChI is InChI=1S/C20H21N3O2/c1-14-7-6-8-15(2)20(14)25-13-19(24)22-21-11-16-12-23(3)18-10-5-4-9-17(16)18/h4-12H,13H2,1-3H3,(H,22,24). The second-order valence-corrected chi connectivity index (χ2v) is 6.02. The summed E-state index contributed by atoms with van der Waals surface area (Å²) in [6.07, 6.45) is 3.63. The number of nitrogens with one attached hydrogen (secondary N) is 1. The fourth-order valence-electron chi connectivity index (χ4n) is 2.85. The molecule has 1 amide bonds. The molecule has 0 unspecified atom stereocenters. The normalized spacial score (nSPS) is 11.2. The number of benzene rings is 2. The Morgan fingerprint density at radius 3 is 2.64 bits per heavy atom. The molecule has 3 aromatic rings. The van der Waals surface area contributed by atoms with Gasteiger partial charge in [0.1, 0.15) is 5.75 Å². The highest BCUT2D eigenvalue weighted by Gasteiger charge is 2.07. The third-order valence-electron chi connectivity index (χ3n) is 4.08. The van der Waals surface area contributed by atoms with Gasteiger partial charge in [-0.05, 0) is 31.0 Å². The van der Waals surface area contributed by atoms with Crippen molar-refractivity contribution in [1.29, 1.82) is 0 Å². The highest BCUT2D eigenvalue weighted by Crippen LogP contribution is 2.22. The van der Waals surface area contributed by atoms with Gasteiger partial charge in [-0.2, -0.15) is 5.10 Å². The molecule has 5 nitrogen and oxygen atoms in total. The van der Waals surface area contributed by atoms with Crippen LogP contribution in [0.5, 0.6) is 5.75 Å². The van der Waals surface area contributed by atoms with Crippen molar-refractivity contribution in [3.05, 3.63) is 65.4 Å². The summed E-state index contributed by atoms with van der Waals surface area (Å²) in [6.45, 7) is 3.84. The predicted octanol–water partition coefficient (Wildman–Crippen LogP) is 3.32. The number of ether oxygens (including phenoxy) is 1. The van der Waals surface area contributed by atoms with Gasteiger partial charge in [0, 0.05) is 29.7 Å². The number of hydrazone groups is 1. The van der Waals surface area contributed by atoms with Gasteiger partial charge in [0.15, 0.2) is 6.61 Å². The van der Waals surface area contributed by atoms with E-state index in [-0.39, 0.29) is 12.5 Å². The van der Waals surface area contributed by atoms with Crippen molar-refractivity contribution in [1.82, 2.24) is 9.99 Å². The van der Waals surface area contributed by atoms with Crippen molar-refractivity contribution in [2.75, 3.05) is 6.61 Å². The van der Waals surface area contributed by atoms with E-state index in [4.69, 9.17) is 4.74 Å². The van der Waals surface area contributed by atoms with Gasteiger partial charge in [-0.3, -0.25) is 4.79 Å². The zero-order valence-electron chi connectivity index (χ0n) is 14.6. The number of carbonyl (C=O) groups excluding carboxylic acids is 1. The molecule has 0 saturated heterocycles. The molecule has 1 N–H and O–H groups in total. The van der Waals surface area contributed by atoms with Gasteiger partial charge in [0.2, 0.25) is 0 Å². The molecule has 0 saturated carbocycles. The lowest BCUT2D eigenvalue weighted by atomic mass is 10.1. The van der Waals surface area contributed by atoms with E-state index in [9.17, 15) is 4.79 Å². The average Bonchev–Trinajstić information content (AvgIpc) is 2.91. The summed E-state index contributed by atoms with van der Waals surface area (Å²) in [7, 11) is 1.98. The highest BCUT2D eigenvalue weighted by atomic mass is 16.5. The Morgan fingerprint density at radius 2 is 1.88 bits per heavy atom. The maximum Gasteiger partial charge on any atom is 0.277 e. The summed E-state index contributed by atoms with van der Waals surface area (Å²) in [4.78, 5) is 11.9. The van der Waals surface area contributed by atoms with E-state index < -0.39 is 0 Å². The van der Waals surface area contributed by atoms with Crippen molar-refractivity contribution in [3.63, 3.8) is 0 Å². The Bertz CT molecular complexity index is 921. The van der Waals surface area contributed by atoms with E-state index in [0.717, 1.165) is 33.3 Å². The molecule has 0 atom stereocenters. The molecule has 0 bridgehead atoms. The lowest BCUT2D eigenvalue weighted by Crippen LogP contribution is -2.25. The van der Waals surface area contributed by atoms with Gasteiger partial charge in [-0.15, -0.1) is 0 Å². The number of amides is 1. The smallest absolute Gasteiger partial charge is 0.277 e. The van der Waals surface area contributed by atoms with Gasteiger partial charge in [-0.25, -0.2) is 5.43 Å². The number of aryl methyl sites for hydroxylation is 3. The van der Waals surface area contributed by atoms with Crippen LogP contribution in [0, 0.1) is 13.8 Å². The van der Waals surface area contributed by atoms with Crippen molar-refractivity contribution in [2.24, 2.45) is 12.1 Å². The fourth-order valence-corrected chi connectivity index (χ4v) is 2.85. The zero-order valence-corrected chi connectivity index (χ0v) is 14.6. The van der Waals surface area contributed by atoms with E-state index in [0.29, 0.717) is 0 Å². The number of hydrogen-bond donors (Lipinski definition) is 1. The maximum absolute atomic E-state index is 11.9. The molecule has 128 valence electrons. The highest BCUT2D eigenvalue weighted by molar-refractivity contribution is 5.99. The molecule has 1 aromatic heterocycles. The van der Waals surface area contributed by atoms with Crippen LogP contribution in [0.2, 0.25) is 0 Å². The monoisotopic (exact) mass is 335 g/mol. The van der Waals surface area contributed by atoms with Crippen LogP contribution < -0.4 is 10.2 Å². The minimum absolute atomic E-state index is 0.0709. The number of hydrogen-bond acceptors (Lipinski definition) is 3. The minimum Gasteiger partial charge on any atom is -0.483 e. The van der Waals surface area contributed by atoms with Crippen molar-refractivity contribution < 1.29 is 9.53 Å². The summed E-state index contributed by atoms with van der Waals surface area (Å²) >= 11 is 0.